The summed E-state index contributed by atoms with van der Waals surface area (Å²) in [6.07, 6.45) is 10.3. The second kappa shape index (κ2) is 4.93. The molecule has 0 radical (unpaired) electrons. The van der Waals surface area contributed by atoms with Crippen LogP contribution >= 0.6 is 0 Å². The van der Waals surface area contributed by atoms with Crippen molar-refractivity contribution in [2.24, 2.45) is 11.1 Å². The fraction of sp³-hybridized carbons (Fsp3) is 0.471. The summed E-state index contributed by atoms with van der Waals surface area (Å²) in [6, 6.07) is 8.62. The predicted octanol–water partition coefficient (Wildman–Crippen LogP) is 4.21. The summed E-state index contributed by atoms with van der Waals surface area (Å²) in [5.41, 5.74) is 8.18. The summed E-state index contributed by atoms with van der Waals surface area (Å²) in [5.74, 6) is 0. The molecule has 19 heavy (non-hydrogen) atoms. The van der Waals surface area contributed by atoms with E-state index in [0.29, 0.717) is 0 Å². The second-order valence-electron chi connectivity index (χ2n) is 6.14. The molecular weight excluding hydrogens is 232 g/mol. The van der Waals surface area contributed by atoms with Crippen LogP contribution in [0.1, 0.15) is 50.6 Å². The third kappa shape index (κ3) is 2.25. The number of nitrogens with two attached hydrogens (primary N) is 1. The average molecular weight is 254 g/mol. The topological polar surface area (TPSA) is 38.9 Å². The van der Waals surface area contributed by atoms with Crippen LogP contribution in [0.5, 0.6) is 0 Å². The van der Waals surface area contributed by atoms with Crippen molar-refractivity contribution >= 4 is 10.8 Å². The Balaban J connectivity index is 2.03. The van der Waals surface area contributed by atoms with Crippen LogP contribution in [0.3, 0.4) is 0 Å². The van der Waals surface area contributed by atoms with E-state index in [0.717, 1.165) is 0 Å². The Morgan fingerprint density at radius 3 is 2.74 bits per heavy atom. The third-order valence-electron chi connectivity index (χ3n) is 4.80. The van der Waals surface area contributed by atoms with Gasteiger partial charge in [0.1, 0.15) is 0 Å². The molecule has 0 bridgehead atoms. The van der Waals surface area contributed by atoms with Gasteiger partial charge in [-0.3, -0.25) is 4.98 Å². The van der Waals surface area contributed by atoms with Crippen LogP contribution in [0, 0.1) is 5.41 Å². The number of nitrogens with zero attached hydrogens (tertiary/aromatic N) is 1. The van der Waals surface area contributed by atoms with Crippen LogP contribution in [0.25, 0.3) is 10.8 Å². The largest absolute Gasteiger partial charge is 0.323 e. The molecular formula is C17H22N2. The van der Waals surface area contributed by atoms with E-state index in [1.54, 1.807) is 0 Å². The highest BCUT2D eigenvalue weighted by Crippen LogP contribution is 2.45. The minimum absolute atomic E-state index is 0.124. The molecule has 2 heteroatoms. The Bertz CT molecular complexity index is 565. The molecule has 1 fully saturated rings. The molecule has 1 saturated carbocycles. The van der Waals surface area contributed by atoms with Crippen molar-refractivity contribution in [2.45, 2.75) is 45.1 Å². The first kappa shape index (κ1) is 12.6. The number of hydrogen-bond donors (Lipinski definition) is 1. The van der Waals surface area contributed by atoms with Crippen LogP contribution in [0.2, 0.25) is 0 Å². The van der Waals surface area contributed by atoms with Gasteiger partial charge in [0.15, 0.2) is 0 Å². The smallest absolute Gasteiger partial charge is 0.0355 e. The molecule has 1 aliphatic carbocycles. The third-order valence-corrected chi connectivity index (χ3v) is 4.80. The summed E-state index contributed by atoms with van der Waals surface area (Å²) in [5, 5.41) is 2.45. The van der Waals surface area contributed by atoms with E-state index in [1.165, 1.54) is 48.4 Å². The zero-order valence-electron chi connectivity index (χ0n) is 11.6. The van der Waals surface area contributed by atoms with Gasteiger partial charge in [0, 0.05) is 23.8 Å². The summed E-state index contributed by atoms with van der Waals surface area (Å²) in [4.78, 5) is 4.20. The quantitative estimate of drug-likeness (QED) is 0.872. The fourth-order valence-electron chi connectivity index (χ4n) is 3.46. The van der Waals surface area contributed by atoms with E-state index >= 15 is 0 Å². The van der Waals surface area contributed by atoms with E-state index in [-0.39, 0.29) is 11.5 Å². The van der Waals surface area contributed by atoms with E-state index in [9.17, 15) is 0 Å². The van der Waals surface area contributed by atoms with E-state index in [2.05, 4.69) is 36.2 Å². The van der Waals surface area contributed by atoms with Crippen molar-refractivity contribution in [3.63, 3.8) is 0 Å². The molecule has 2 aromatic rings. The first-order valence-corrected chi connectivity index (χ1v) is 7.29. The van der Waals surface area contributed by atoms with Gasteiger partial charge in [0.05, 0.1) is 0 Å². The normalized spacial score (nSPS) is 20.3. The van der Waals surface area contributed by atoms with Crippen LogP contribution in [-0.2, 0) is 0 Å². The Kier molecular flexibility index (Phi) is 3.28. The molecule has 0 amide bonds. The molecule has 1 heterocycles. The van der Waals surface area contributed by atoms with Crippen molar-refractivity contribution in [1.29, 1.82) is 0 Å². The van der Waals surface area contributed by atoms with Crippen molar-refractivity contribution in [3.05, 3.63) is 42.2 Å². The van der Waals surface area contributed by atoms with Gasteiger partial charge in [-0.2, -0.15) is 0 Å². The number of fused-ring (bicyclic) bond motifs is 1. The number of benzene rings is 1. The van der Waals surface area contributed by atoms with Gasteiger partial charge in [-0.05, 0) is 35.3 Å². The average Bonchev–Trinajstić information content (AvgIpc) is 2.47. The lowest BCUT2D eigenvalue weighted by Crippen LogP contribution is -2.34. The van der Waals surface area contributed by atoms with Crippen LogP contribution < -0.4 is 5.73 Å². The van der Waals surface area contributed by atoms with Crippen LogP contribution in [0.4, 0.5) is 0 Å². The zero-order valence-corrected chi connectivity index (χ0v) is 11.6. The fourth-order valence-corrected chi connectivity index (χ4v) is 3.46. The van der Waals surface area contributed by atoms with Crippen molar-refractivity contribution < 1.29 is 0 Å². The molecule has 100 valence electrons. The highest BCUT2D eigenvalue weighted by Gasteiger charge is 2.34. The van der Waals surface area contributed by atoms with E-state index in [4.69, 9.17) is 5.73 Å². The Morgan fingerprint density at radius 1 is 1.16 bits per heavy atom. The van der Waals surface area contributed by atoms with Gasteiger partial charge in [0.2, 0.25) is 0 Å². The molecule has 0 spiro atoms. The summed E-state index contributed by atoms with van der Waals surface area (Å²) in [6.45, 7) is 2.36. The number of pyridine rings is 1. The van der Waals surface area contributed by atoms with Gasteiger partial charge in [-0.25, -0.2) is 0 Å². The van der Waals surface area contributed by atoms with Crippen molar-refractivity contribution in [3.8, 4) is 0 Å². The first-order valence-electron chi connectivity index (χ1n) is 7.29. The SMILES string of the molecule is CC1(C(N)c2cccc3cnccc23)CCCCC1. The molecule has 1 aromatic heterocycles. The van der Waals surface area contributed by atoms with Gasteiger partial charge in [-0.1, -0.05) is 44.4 Å². The molecule has 1 aliphatic rings. The van der Waals surface area contributed by atoms with Gasteiger partial charge in [-0.15, -0.1) is 0 Å². The van der Waals surface area contributed by atoms with Crippen molar-refractivity contribution in [2.75, 3.05) is 0 Å². The standard InChI is InChI=1S/C17H22N2/c1-17(9-3-2-4-10-17)16(18)15-7-5-6-13-12-19-11-8-14(13)15/h5-8,11-12,16H,2-4,9-10,18H2,1H3. The highest BCUT2D eigenvalue weighted by atomic mass is 14.7. The van der Waals surface area contributed by atoms with Gasteiger partial charge < -0.3 is 5.73 Å². The Morgan fingerprint density at radius 2 is 1.95 bits per heavy atom. The first-order chi connectivity index (χ1) is 9.21. The monoisotopic (exact) mass is 254 g/mol. The second-order valence-corrected chi connectivity index (χ2v) is 6.14. The molecule has 3 rings (SSSR count). The number of hydrogen-bond acceptors (Lipinski definition) is 2. The molecule has 0 aliphatic heterocycles. The maximum Gasteiger partial charge on any atom is 0.0355 e. The van der Waals surface area contributed by atoms with E-state index in [1.807, 2.05) is 12.4 Å². The molecule has 2 N–H and O–H groups in total. The molecule has 0 saturated heterocycles. The summed E-state index contributed by atoms with van der Waals surface area (Å²) >= 11 is 0. The van der Waals surface area contributed by atoms with Gasteiger partial charge >= 0.3 is 0 Å². The number of rotatable bonds is 2. The van der Waals surface area contributed by atoms with Gasteiger partial charge in [0.25, 0.3) is 0 Å². The highest BCUT2D eigenvalue weighted by molar-refractivity contribution is 5.85. The molecule has 1 aromatic carbocycles. The van der Waals surface area contributed by atoms with E-state index < -0.39 is 0 Å². The summed E-state index contributed by atoms with van der Waals surface area (Å²) in [7, 11) is 0. The minimum Gasteiger partial charge on any atom is -0.323 e. The van der Waals surface area contributed by atoms with Crippen LogP contribution in [0.15, 0.2) is 36.7 Å². The van der Waals surface area contributed by atoms with Crippen LogP contribution in [-0.4, -0.2) is 4.98 Å². The lowest BCUT2D eigenvalue weighted by atomic mass is 9.68. The van der Waals surface area contributed by atoms with Crippen molar-refractivity contribution in [1.82, 2.24) is 4.98 Å². The lowest BCUT2D eigenvalue weighted by Gasteiger charge is -2.39. The maximum atomic E-state index is 6.65. The zero-order chi connectivity index (χ0) is 13.3. The molecule has 1 unspecified atom stereocenters. The Labute approximate surface area is 115 Å². The Hall–Kier alpha value is -1.41. The minimum atomic E-state index is 0.124. The number of aromatic nitrogens is 1. The lowest BCUT2D eigenvalue weighted by molar-refractivity contribution is 0.171. The maximum absolute atomic E-state index is 6.65. The predicted molar refractivity (Wildman–Crippen MR) is 79.9 cm³/mol. The summed E-state index contributed by atoms with van der Waals surface area (Å²) < 4.78 is 0. The molecule has 2 nitrogen and oxygen atoms in total. The molecule has 1 atom stereocenters.